The molecule has 6 heteroatoms. The number of nitrogens with zero attached hydrogens (tertiary/aromatic N) is 2. The summed E-state index contributed by atoms with van der Waals surface area (Å²) in [6, 6.07) is 1.77. The lowest BCUT2D eigenvalue weighted by atomic mass is 10.2. The zero-order valence-corrected chi connectivity index (χ0v) is 12.3. The highest BCUT2D eigenvalue weighted by atomic mass is 32.1. The number of thiazole rings is 1. The van der Waals surface area contributed by atoms with Gasteiger partial charge in [-0.2, -0.15) is 0 Å². The largest absolute Gasteiger partial charge is 0.361 e. The molecule has 106 valence electrons. The number of carbonyl (C=O) groups is 1. The Hall–Kier alpha value is -1.69. The van der Waals surface area contributed by atoms with E-state index in [0.29, 0.717) is 16.6 Å². The smallest absolute Gasteiger partial charge is 0.232 e. The Morgan fingerprint density at radius 3 is 3.05 bits per heavy atom. The van der Waals surface area contributed by atoms with Crippen LogP contribution in [0, 0.1) is 6.92 Å². The molecule has 0 radical (unpaired) electrons. The van der Waals surface area contributed by atoms with Gasteiger partial charge < -0.3 is 9.84 Å². The fourth-order valence-electron chi connectivity index (χ4n) is 2.41. The number of anilines is 1. The van der Waals surface area contributed by atoms with Crippen LogP contribution in [0.2, 0.25) is 0 Å². The van der Waals surface area contributed by atoms with E-state index in [0.717, 1.165) is 12.8 Å². The van der Waals surface area contributed by atoms with E-state index in [1.165, 1.54) is 29.8 Å². The Morgan fingerprint density at radius 1 is 1.40 bits per heavy atom. The lowest BCUT2D eigenvalue weighted by molar-refractivity contribution is -0.115. The maximum absolute atomic E-state index is 11.9. The third-order valence-corrected chi connectivity index (χ3v) is 4.43. The maximum Gasteiger partial charge on any atom is 0.232 e. The van der Waals surface area contributed by atoms with Gasteiger partial charge >= 0.3 is 0 Å². The second-order valence-electron chi connectivity index (χ2n) is 5.10. The number of amides is 1. The van der Waals surface area contributed by atoms with Gasteiger partial charge in [0, 0.05) is 10.9 Å². The molecule has 0 saturated heterocycles. The van der Waals surface area contributed by atoms with Crippen LogP contribution in [-0.4, -0.2) is 16.0 Å². The lowest BCUT2D eigenvalue weighted by Crippen LogP contribution is -2.14. The molecule has 1 aliphatic rings. The van der Waals surface area contributed by atoms with Gasteiger partial charge in [0.2, 0.25) is 5.91 Å². The van der Waals surface area contributed by atoms with Crippen molar-refractivity contribution < 1.29 is 9.32 Å². The number of fused-ring (bicyclic) bond motifs is 1. The molecule has 2 aromatic heterocycles. The SMILES string of the molecule is Cc1cc(CC(=O)Nc2nc3c(s2)CCCCC3)no1. The van der Waals surface area contributed by atoms with Crippen LogP contribution < -0.4 is 5.32 Å². The molecule has 0 aliphatic heterocycles. The van der Waals surface area contributed by atoms with Gasteiger partial charge in [0.1, 0.15) is 5.76 Å². The highest BCUT2D eigenvalue weighted by molar-refractivity contribution is 7.15. The van der Waals surface area contributed by atoms with Crippen LogP contribution in [0.25, 0.3) is 0 Å². The quantitative estimate of drug-likeness (QED) is 0.883. The van der Waals surface area contributed by atoms with Crippen molar-refractivity contribution in [1.82, 2.24) is 10.1 Å². The van der Waals surface area contributed by atoms with Gasteiger partial charge in [-0.1, -0.05) is 11.6 Å². The zero-order valence-electron chi connectivity index (χ0n) is 11.4. The van der Waals surface area contributed by atoms with Crippen molar-refractivity contribution in [2.75, 3.05) is 5.32 Å². The predicted molar refractivity (Wildman–Crippen MR) is 76.9 cm³/mol. The highest BCUT2D eigenvalue weighted by Crippen LogP contribution is 2.28. The van der Waals surface area contributed by atoms with Gasteiger partial charge in [-0.25, -0.2) is 4.98 Å². The molecule has 2 aromatic rings. The molecule has 0 atom stereocenters. The molecule has 2 heterocycles. The number of carbonyl (C=O) groups excluding carboxylic acids is 1. The Bertz CT molecular complexity index is 594. The molecule has 3 rings (SSSR count). The van der Waals surface area contributed by atoms with Crippen molar-refractivity contribution in [2.24, 2.45) is 0 Å². The van der Waals surface area contributed by atoms with E-state index in [1.807, 2.05) is 6.92 Å². The predicted octanol–water partition coefficient (Wildman–Crippen LogP) is 2.89. The molecule has 1 aliphatic carbocycles. The fourth-order valence-corrected chi connectivity index (χ4v) is 3.48. The summed E-state index contributed by atoms with van der Waals surface area (Å²) in [6.07, 6.45) is 6.04. The first-order valence-electron chi connectivity index (χ1n) is 6.91. The maximum atomic E-state index is 11.9. The van der Waals surface area contributed by atoms with E-state index in [1.54, 1.807) is 17.4 Å². The molecule has 0 fully saturated rings. The van der Waals surface area contributed by atoms with Crippen molar-refractivity contribution in [2.45, 2.75) is 45.4 Å². The summed E-state index contributed by atoms with van der Waals surface area (Å²) < 4.78 is 4.95. The van der Waals surface area contributed by atoms with Gasteiger partial charge in [0.15, 0.2) is 5.13 Å². The normalized spacial score (nSPS) is 14.7. The van der Waals surface area contributed by atoms with E-state index in [4.69, 9.17) is 4.52 Å². The van der Waals surface area contributed by atoms with Crippen molar-refractivity contribution >= 4 is 22.4 Å². The number of hydrogen-bond donors (Lipinski definition) is 1. The van der Waals surface area contributed by atoms with E-state index >= 15 is 0 Å². The molecular weight excluding hydrogens is 274 g/mol. The second kappa shape index (κ2) is 5.75. The number of rotatable bonds is 3. The molecule has 5 nitrogen and oxygen atoms in total. The van der Waals surface area contributed by atoms with Crippen LogP contribution in [-0.2, 0) is 24.1 Å². The van der Waals surface area contributed by atoms with Gasteiger partial charge in [0.25, 0.3) is 0 Å². The van der Waals surface area contributed by atoms with Crippen molar-refractivity contribution in [3.05, 3.63) is 28.1 Å². The van der Waals surface area contributed by atoms with Crippen LogP contribution in [0.1, 0.15) is 41.3 Å². The first-order valence-corrected chi connectivity index (χ1v) is 7.73. The molecule has 0 aromatic carbocycles. The summed E-state index contributed by atoms with van der Waals surface area (Å²) in [5, 5.41) is 7.40. The minimum Gasteiger partial charge on any atom is -0.361 e. The first-order chi connectivity index (χ1) is 9.70. The van der Waals surface area contributed by atoms with E-state index in [9.17, 15) is 4.79 Å². The van der Waals surface area contributed by atoms with Gasteiger partial charge in [-0.05, 0) is 32.6 Å². The van der Waals surface area contributed by atoms with Crippen molar-refractivity contribution in [3.63, 3.8) is 0 Å². The monoisotopic (exact) mass is 291 g/mol. The summed E-state index contributed by atoms with van der Waals surface area (Å²) in [4.78, 5) is 17.8. The summed E-state index contributed by atoms with van der Waals surface area (Å²) in [7, 11) is 0. The minimum absolute atomic E-state index is 0.0952. The Balaban J connectivity index is 1.64. The van der Waals surface area contributed by atoms with Crippen LogP contribution in [0.5, 0.6) is 0 Å². The summed E-state index contributed by atoms with van der Waals surface area (Å²) in [5.41, 5.74) is 1.82. The lowest BCUT2D eigenvalue weighted by Gasteiger charge is -1.98. The molecule has 20 heavy (non-hydrogen) atoms. The molecule has 1 amide bonds. The first kappa shape index (κ1) is 13.3. The molecule has 0 spiro atoms. The number of aryl methyl sites for hydroxylation is 3. The van der Waals surface area contributed by atoms with Crippen molar-refractivity contribution in [1.29, 1.82) is 0 Å². The third-order valence-electron chi connectivity index (χ3n) is 3.36. The van der Waals surface area contributed by atoms with Crippen LogP contribution in [0.4, 0.5) is 5.13 Å². The molecule has 0 bridgehead atoms. The van der Waals surface area contributed by atoms with Crippen LogP contribution in [0.15, 0.2) is 10.6 Å². The fraction of sp³-hybridized carbons (Fsp3) is 0.500. The molecule has 0 saturated carbocycles. The summed E-state index contributed by atoms with van der Waals surface area (Å²) in [5.74, 6) is 0.621. The van der Waals surface area contributed by atoms with E-state index < -0.39 is 0 Å². The number of hydrogen-bond acceptors (Lipinski definition) is 5. The zero-order chi connectivity index (χ0) is 13.9. The average molecular weight is 291 g/mol. The topological polar surface area (TPSA) is 68.0 Å². The minimum atomic E-state index is -0.0952. The Labute approximate surface area is 121 Å². The summed E-state index contributed by atoms with van der Waals surface area (Å²) >= 11 is 1.61. The van der Waals surface area contributed by atoms with Gasteiger partial charge in [0.05, 0.1) is 17.8 Å². The second-order valence-corrected chi connectivity index (χ2v) is 6.19. The van der Waals surface area contributed by atoms with Gasteiger partial charge in [-0.3, -0.25) is 4.79 Å². The summed E-state index contributed by atoms with van der Waals surface area (Å²) in [6.45, 7) is 1.81. The van der Waals surface area contributed by atoms with E-state index in [-0.39, 0.29) is 12.3 Å². The Morgan fingerprint density at radius 2 is 2.25 bits per heavy atom. The van der Waals surface area contributed by atoms with Crippen LogP contribution >= 0.6 is 11.3 Å². The van der Waals surface area contributed by atoms with E-state index in [2.05, 4.69) is 15.5 Å². The molecular formula is C14H17N3O2S. The standard InChI is InChI=1S/C14H17N3O2S/c1-9-7-10(17-19-9)8-13(18)16-14-15-11-5-3-2-4-6-12(11)20-14/h7H,2-6,8H2,1H3,(H,15,16,18). The molecule has 1 N–H and O–H groups in total. The third kappa shape index (κ3) is 3.07. The van der Waals surface area contributed by atoms with Crippen LogP contribution in [0.3, 0.4) is 0 Å². The highest BCUT2D eigenvalue weighted by Gasteiger charge is 2.16. The molecule has 0 unspecified atom stereocenters. The number of nitrogens with one attached hydrogen (secondary N) is 1. The Kier molecular flexibility index (Phi) is 3.82. The van der Waals surface area contributed by atoms with Gasteiger partial charge in [-0.15, -0.1) is 11.3 Å². The number of aromatic nitrogens is 2. The average Bonchev–Trinajstić information content (AvgIpc) is 2.90. The van der Waals surface area contributed by atoms with Crippen molar-refractivity contribution in [3.8, 4) is 0 Å².